The molecule has 1 aromatic rings. The Balaban J connectivity index is 2.10. The van der Waals surface area contributed by atoms with Crippen molar-refractivity contribution in [3.8, 4) is 6.07 Å². The van der Waals surface area contributed by atoms with Crippen LogP contribution < -0.4 is 9.80 Å². The van der Waals surface area contributed by atoms with Crippen LogP contribution >= 0.6 is 0 Å². The summed E-state index contributed by atoms with van der Waals surface area (Å²) >= 11 is 0. The van der Waals surface area contributed by atoms with Crippen molar-refractivity contribution in [2.45, 2.75) is 37.3 Å². The zero-order valence-corrected chi connectivity index (χ0v) is 14.0. The molecule has 2 fully saturated rings. The van der Waals surface area contributed by atoms with Gasteiger partial charge in [0.25, 0.3) is 0 Å². The Morgan fingerprint density at radius 2 is 1.88 bits per heavy atom. The van der Waals surface area contributed by atoms with Crippen molar-refractivity contribution in [2.75, 3.05) is 36.0 Å². The molecule has 0 aromatic carbocycles. The SMILES string of the molecule is C[C@]1(O)CCN(c2nc(N3CC(O)[C@@H](O)C3)cc(C(F)(F)F)c2C#N)C1. The van der Waals surface area contributed by atoms with Crippen LogP contribution in [0.15, 0.2) is 6.07 Å². The fourth-order valence-electron chi connectivity index (χ4n) is 3.33. The molecule has 1 unspecified atom stereocenters. The fourth-order valence-corrected chi connectivity index (χ4v) is 3.33. The number of halogens is 3. The summed E-state index contributed by atoms with van der Waals surface area (Å²) in [6, 6.07) is 2.35. The maximum absolute atomic E-state index is 13.5. The van der Waals surface area contributed by atoms with Crippen LogP contribution in [0.2, 0.25) is 0 Å². The van der Waals surface area contributed by atoms with Crippen molar-refractivity contribution in [1.82, 2.24) is 4.98 Å². The van der Waals surface area contributed by atoms with Crippen LogP contribution in [0.1, 0.15) is 24.5 Å². The molecule has 0 amide bonds. The van der Waals surface area contributed by atoms with Crippen molar-refractivity contribution in [1.29, 1.82) is 5.26 Å². The lowest BCUT2D eigenvalue weighted by Gasteiger charge is -2.25. The van der Waals surface area contributed by atoms with E-state index in [9.17, 15) is 33.8 Å². The highest BCUT2D eigenvalue weighted by Gasteiger charge is 2.41. The van der Waals surface area contributed by atoms with Crippen LogP contribution in [-0.4, -0.2) is 64.3 Å². The van der Waals surface area contributed by atoms with E-state index in [4.69, 9.17) is 0 Å². The Morgan fingerprint density at radius 3 is 2.35 bits per heavy atom. The minimum absolute atomic E-state index is 0.0562. The van der Waals surface area contributed by atoms with Gasteiger partial charge in [0.05, 0.1) is 23.4 Å². The van der Waals surface area contributed by atoms with Crippen LogP contribution in [0.5, 0.6) is 0 Å². The average Bonchev–Trinajstić information content (AvgIpc) is 3.07. The maximum atomic E-state index is 13.5. The van der Waals surface area contributed by atoms with E-state index >= 15 is 0 Å². The molecule has 0 spiro atoms. The number of alkyl halides is 3. The highest BCUT2D eigenvalue weighted by Crippen LogP contribution is 2.39. The van der Waals surface area contributed by atoms with Crippen LogP contribution in [0.3, 0.4) is 0 Å². The Bertz CT molecular complexity index is 737. The standard InChI is InChI=1S/C16H19F3N4O3/c1-15(26)2-3-22(8-15)14-9(5-20)10(16(17,18)19)4-13(21-14)23-6-11(24)12(25)7-23/h4,11-12,24-26H,2-3,6-8H2,1H3/t11-,12?,15-/m0/s1. The summed E-state index contributed by atoms with van der Waals surface area (Å²) < 4.78 is 40.5. The van der Waals surface area contributed by atoms with Gasteiger partial charge in [-0.3, -0.25) is 0 Å². The lowest BCUT2D eigenvalue weighted by Crippen LogP contribution is -2.32. The molecule has 2 saturated heterocycles. The van der Waals surface area contributed by atoms with Crippen LogP contribution in [0.4, 0.5) is 24.8 Å². The lowest BCUT2D eigenvalue weighted by atomic mass is 10.1. The molecular formula is C16H19F3N4O3. The van der Waals surface area contributed by atoms with E-state index in [1.165, 1.54) is 9.80 Å². The molecule has 2 aliphatic rings. The summed E-state index contributed by atoms with van der Waals surface area (Å²) in [5.74, 6) is -0.223. The Kier molecular flexibility index (Phi) is 4.50. The first kappa shape index (κ1) is 18.7. The number of aliphatic hydroxyl groups is 3. The fraction of sp³-hybridized carbons (Fsp3) is 0.625. The summed E-state index contributed by atoms with van der Waals surface area (Å²) in [5, 5.41) is 38.8. The molecule has 1 aromatic heterocycles. The number of rotatable bonds is 2. The highest BCUT2D eigenvalue weighted by molar-refractivity contribution is 5.64. The van der Waals surface area contributed by atoms with Gasteiger partial charge >= 0.3 is 6.18 Å². The number of nitrogens with zero attached hydrogens (tertiary/aromatic N) is 4. The third-order valence-corrected chi connectivity index (χ3v) is 4.74. The first-order chi connectivity index (χ1) is 12.0. The molecule has 26 heavy (non-hydrogen) atoms. The average molecular weight is 372 g/mol. The van der Waals surface area contributed by atoms with Gasteiger partial charge in [-0.25, -0.2) is 4.98 Å². The zero-order chi connectivity index (χ0) is 19.3. The number of aromatic nitrogens is 1. The highest BCUT2D eigenvalue weighted by atomic mass is 19.4. The van der Waals surface area contributed by atoms with Gasteiger partial charge in [-0.15, -0.1) is 0 Å². The van der Waals surface area contributed by atoms with Gasteiger partial charge in [-0.05, 0) is 19.4 Å². The van der Waals surface area contributed by atoms with Crippen molar-refractivity contribution in [3.63, 3.8) is 0 Å². The van der Waals surface area contributed by atoms with Gasteiger partial charge in [-0.2, -0.15) is 18.4 Å². The molecular weight excluding hydrogens is 353 g/mol. The van der Waals surface area contributed by atoms with Gasteiger partial charge < -0.3 is 25.1 Å². The molecule has 3 heterocycles. The van der Waals surface area contributed by atoms with Crippen molar-refractivity contribution >= 4 is 11.6 Å². The summed E-state index contributed by atoms with van der Waals surface area (Å²) in [6.45, 7) is 1.77. The van der Waals surface area contributed by atoms with E-state index in [1.807, 2.05) is 0 Å². The molecule has 3 N–H and O–H groups in total. The number of hydrogen-bond donors (Lipinski definition) is 3. The minimum Gasteiger partial charge on any atom is -0.389 e. The van der Waals surface area contributed by atoms with Crippen molar-refractivity contribution in [2.24, 2.45) is 0 Å². The largest absolute Gasteiger partial charge is 0.417 e. The molecule has 142 valence electrons. The predicted molar refractivity (Wildman–Crippen MR) is 85.6 cm³/mol. The third kappa shape index (κ3) is 3.42. The molecule has 0 bridgehead atoms. The van der Waals surface area contributed by atoms with Crippen molar-refractivity contribution < 1.29 is 28.5 Å². The second kappa shape index (κ2) is 6.26. The normalized spacial score (nSPS) is 29.3. The van der Waals surface area contributed by atoms with Gasteiger partial charge in [-0.1, -0.05) is 0 Å². The number of aliphatic hydroxyl groups excluding tert-OH is 2. The van der Waals surface area contributed by atoms with Gasteiger partial charge in [0, 0.05) is 26.2 Å². The number of anilines is 2. The summed E-state index contributed by atoms with van der Waals surface area (Å²) in [5.41, 5.74) is -2.80. The first-order valence-corrected chi connectivity index (χ1v) is 8.12. The summed E-state index contributed by atoms with van der Waals surface area (Å²) in [4.78, 5) is 7.02. The Labute approximate surface area is 147 Å². The number of nitriles is 1. The van der Waals surface area contributed by atoms with Gasteiger partial charge in [0.1, 0.15) is 23.3 Å². The van der Waals surface area contributed by atoms with Crippen LogP contribution in [-0.2, 0) is 6.18 Å². The summed E-state index contributed by atoms with van der Waals surface area (Å²) in [6.07, 6.45) is -6.60. The third-order valence-electron chi connectivity index (χ3n) is 4.74. The van der Waals surface area contributed by atoms with E-state index in [0.717, 1.165) is 6.07 Å². The minimum atomic E-state index is -4.77. The van der Waals surface area contributed by atoms with Crippen LogP contribution in [0, 0.1) is 11.3 Å². The zero-order valence-electron chi connectivity index (χ0n) is 14.0. The van der Waals surface area contributed by atoms with E-state index in [0.29, 0.717) is 6.42 Å². The second-order valence-corrected chi connectivity index (χ2v) is 7.04. The molecule has 7 nitrogen and oxygen atoms in total. The molecule has 10 heteroatoms. The topological polar surface area (TPSA) is 104 Å². The van der Waals surface area contributed by atoms with E-state index in [2.05, 4.69) is 4.98 Å². The quantitative estimate of drug-likeness (QED) is 0.694. The monoisotopic (exact) mass is 372 g/mol. The molecule has 2 aliphatic heterocycles. The van der Waals surface area contributed by atoms with E-state index < -0.39 is 35.1 Å². The van der Waals surface area contributed by atoms with Crippen LogP contribution in [0.25, 0.3) is 0 Å². The molecule has 3 rings (SSSR count). The Hall–Kier alpha value is -2.09. The number of pyridine rings is 1. The molecule has 0 saturated carbocycles. The number of hydrogen-bond acceptors (Lipinski definition) is 7. The second-order valence-electron chi connectivity index (χ2n) is 7.04. The Morgan fingerprint density at radius 1 is 1.27 bits per heavy atom. The molecule has 0 radical (unpaired) electrons. The maximum Gasteiger partial charge on any atom is 0.417 e. The van der Waals surface area contributed by atoms with E-state index in [-0.39, 0.29) is 37.8 Å². The first-order valence-electron chi connectivity index (χ1n) is 8.12. The van der Waals surface area contributed by atoms with Gasteiger partial charge in [0.2, 0.25) is 0 Å². The smallest absolute Gasteiger partial charge is 0.389 e. The molecule has 3 atom stereocenters. The summed E-state index contributed by atoms with van der Waals surface area (Å²) in [7, 11) is 0. The van der Waals surface area contributed by atoms with Gasteiger partial charge in [0.15, 0.2) is 0 Å². The van der Waals surface area contributed by atoms with Crippen molar-refractivity contribution in [3.05, 3.63) is 17.2 Å². The lowest BCUT2D eigenvalue weighted by molar-refractivity contribution is -0.137. The number of β-amino-alcohol motifs (C(OH)–C–C–N with tert-alkyl or cyclic N) is 3. The van der Waals surface area contributed by atoms with E-state index in [1.54, 1.807) is 13.0 Å². The predicted octanol–water partition coefficient (Wildman–Crippen LogP) is 0.475. The molecule has 0 aliphatic carbocycles.